The third-order valence-electron chi connectivity index (χ3n) is 3.50. The first kappa shape index (κ1) is 17.5. The molecule has 0 aliphatic heterocycles. The third kappa shape index (κ3) is 5.10. The van der Waals surface area contributed by atoms with E-state index in [1.54, 1.807) is 18.2 Å². The van der Waals surface area contributed by atoms with E-state index < -0.39 is 0 Å². The number of nitrogens with zero attached hydrogens (tertiary/aromatic N) is 3. The fraction of sp³-hybridized carbons (Fsp3) is 0.263. The molecule has 0 fully saturated rings. The quantitative estimate of drug-likeness (QED) is 0.678. The molecule has 0 aromatic heterocycles. The Bertz CT molecular complexity index is 732. The van der Waals surface area contributed by atoms with Crippen LogP contribution in [0.25, 0.3) is 0 Å². The Balaban J connectivity index is 2.07. The van der Waals surface area contributed by atoms with Crippen molar-refractivity contribution in [2.75, 3.05) is 13.6 Å². The molecule has 0 spiro atoms. The highest BCUT2D eigenvalue weighted by Gasteiger charge is 2.07. The first-order valence-electron chi connectivity index (χ1n) is 7.85. The van der Waals surface area contributed by atoms with Crippen molar-refractivity contribution in [1.82, 2.24) is 10.2 Å². The first-order chi connectivity index (χ1) is 11.6. The summed E-state index contributed by atoms with van der Waals surface area (Å²) < 4.78 is 13.3. The van der Waals surface area contributed by atoms with E-state index in [0.717, 1.165) is 23.6 Å². The molecule has 0 aliphatic rings. The van der Waals surface area contributed by atoms with Gasteiger partial charge in [-0.25, -0.2) is 9.38 Å². The Morgan fingerprint density at radius 2 is 1.96 bits per heavy atom. The first-order valence-corrected chi connectivity index (χ1v) is 7.85. The topological polar surface area (TPSA) is 51.4 Å². The van der Waals surface area contributed by atoms with Crippen LogP contribution in [0.5, 0.6) is 0 Å². The van der Waals surface area contributed by atoms with E-state index in [-0.39, 0.29) is 5.82 Å². The minimum atomic E-state index is -0.236. The van der Waals surface area contributed by atoms with Crippen molar-refractivity contribution in [3.63, 3.8) is 0 Å². The zero-order valence-corrected chi connectivity index (χ0v) is 14.0. The summed E-state index contributed by atoms with van der Waals surface area (Å²) in [4.78, 5) is 6.57. The van der Waals surface area contributed by atoms with Gasteiger partial charge in [0.2, 0.25) is 0 Å². The van der Waals surface area contributed by atoms with Crippen molar-refractivity contribution in [3.05, 3.63) is 71.0 Å². The van der Waals surface area contributed by atoms with Gasteiger partial charge in [0.05, 0.1) is 18.2 Å². The van der Waals surface area contributed by atoms with E-state index in [1.165, 1.54) is 12.1 Å². The van der Waals surface area contributed by atoms with Crippen LogP contribution in [0.3, 0.4) is 0 Å². The summed E-state index contributed by atoms with van der Waals surface area (Å²) in [6.07, 6.45) is 0. The van der Waals surface area contributed by atoms with Crippen molar-refractivity contribution in [1.29, 1.82) is 5.26 Å². The normalized spacial score (nSPS) is 11.0. The number of hydrogen-bond donors (Lipinski definition) is 1. The lowest BCUT2D eigenvalue weighted by molar-refractivity contribution is 0.475. The Morgan fingerprint density at radius 1 is 1.21 bits per heavy atom. The second-order valence-electron chi connectivity index (χ2n) is 5.46. The Labute approximate surface area is 142 Å². The van der Waals surface area contributed by atoms with Crippen LogP contribution < -0.4 is 5.32 Å². The number of aliphatic imine (C=N–C) groups is 1. The molecular formula is C19H21FN4. The summed E-state index contributed by atoms with van der Waals surface area (Å²) in [5.74, 6) is 0.520. The van der Waals surface area contributed by atoms with Gasteiger partial charge in [-0.15, -0.1) is 0 Å². The van der Waals surface area contributed by atoms with Crippen molar-refractivity contribution in [2.24, 2.45) is 4.99 Å². The van der Waals surface area contributed by atoms with Gasteiger partial charge in [-0.3, -0.25) is 0 Å². The number of benzene rings is 2. The molecule has 0 atom stereocenters. The van der Waals surface area contributed by atoms with Crippen LogP contribution in [0.4, 0.5) is 4.39 Å². The summed E-state index contributed by atoms with van der Waals surface area (Å²) in [5, 5.41) is 12.1. The molecule has 2 rings (SSSR count). The number of nitrogens with one attached hydrogen (secondary N) is 1. The molecule has 0 radical (unpaired) electrons. The minimum absolute atomic E-state index is 0.236. The standard InChI is InChI=1S/C19H21FN4/c1-3-22-19(23-13-16-9-7-15(12-21)8-10-16)24(2)14-17-5-4-6-18(20)11-17/h4-11H,3,13-14H2,1-2H3,(H,22,23). The van der Waals surface area contributed by atoms with Gasteiger partial charge in [0.15, 0.2) is 5.96 Å². The molecule has 0 saturated heterocycles. The average molecular weight is 324 g/mol. The lowest BCUT2D eigenvalue weighted by Gasteiger charge is -2.22. The van der Waals surface area contributed by atoms with E-state index in [1.807, 2.05) is 37.1 Å². The van der Waals surface area contributed by atoms with Crippen LogP contribution in [-0.2, 0) is 13.1 Å². The highest BCUT2D eigenvalue weighted by Crippen LogP contribution is 2.08. The van der Waals surface area contributed by atoms with Gasteiger partial charge in [-0.2, -0.15) is 5.26 Å². The number of nitriles is 1. The summed E-state index contributed by atoms with van der Waals surface area (Å²) in [5.41, 5.74) is 2.56. The molecule has 0 saturated carbocycles. The van der Waals surface area contributed by atoms with E-state index >= 15 is 0 Å². The van der Waals surface area contributed by atoms with Crippen LogP contribution in [0.15, 0.2) is 53.5 Å². The molecule has 0 unspecified atom stereocenters. The second-order valence-corrected chi connectivity index (χ2v) is 5.46. The van der Waals surface area contributed by atoms with Crippen LogP contribution in [0.2, 0.25) is 0 Å². The highest BCUT2D eigenvalue weighted by atomic mass is 19.1. The van der Waals surface area contributed by atoms with Crippen molar-refractivity contribution in [3.8, 4) is 6.07 Å². The van der Waals surface area contributed by atoms with Gasteiger partial charge in [0.25, 0.3) is 0 Å². The summed E-state index contributed by atoms with van der Waals surface area (Å²) in [7, 11) is 1.92. The second kappa shape index (κ2) is 8.68. The largest absolute Gasteiger partial charge is 0.357 e. The van der Waals surface area contributed by atoms with Crippen molar-refractivity contribution >= 4 is 5.96 Å². The van der Waals surface area contributed by atoms with Gasteiger partial charge in [0, 0.05) is 20.1 Å². The Kier molecular flexibility index (Phi) is 6.32. The predicted molar refractivity (Wildman–Crippen MR) is 93.8 cm³/mol. The van der Waals surface area contributed by atoms with Crippen LogP contribution in [0.1, 0.15) is 23.6 Å². The maximum absolute atomic E-state index is 13.3. The molecule has 124 valence electrons. The lowest BCUT2D eigenvalue weighted by Crippen LogP contribution is -2.38. The molecule has 0 bridgehead atoms. The fourth-order valence-corrected chi connectivity index (χ4v) is 2.30. The van der Waals surface area contributed by atoms with Gasteiger partial charge in [-0.05, 0) is 42.3 Å². The smallest absolute Gasteiger partial charge is 0.194 e. The molecule has 0 aliphatic carbocycles. The van der Waals surface area contributed by atoms with Crippen molar-refractivity contribution in [2.45, 2.75) is 20.0 Å². The van der Waals surface area contributed by atoms with E-state index in [9.17, 15) is 4.39 Å². The molecule has 5 heteroatoms. The van der Waals surface area contributed by atoms with Gasteiger partial charge >= 0.3 is 0 Å². The zero-order valence-electron chi connectivity index (χ0n) is 14.0. The van der Waals surface area contributed by atoms with Crippen LogP contribution in [0, 0.1) is 17.1 Å². The Hall–Kier alpha value is -2.87. The van der Waals surface area contributed by atoms with Crippen molar-refractivity contribution < 1.29 is 4.39 Å². The van der Waals surface area contributed by atoms with Crippen LogP contribution >= 0.6 is 0 Å². The number of rotatable bonds is 5. The maximum Gasteiger partial charge on any atom is 0.194 e. The number of guanidine groups is 1. The summed E-state index contributed by atoms with van der Waals surface area (Å²) >= 11 is 0. The minimum Gasteiger partial charge on any atom is -0.357 e. The molecular weight excluding hydrogens is 303 g/mol. The van der Waals surface area contributed by atoms with Gasteiger partial charge in [0.1, 0.15) is 5.82 Å². The van der Waals surface area contributed by atoms with E-state index in [4.69, 9.17) is 5.26 Å². The fourth-order valence-electron chi connectivity index (χ4n) is 2.30. The monoisotopic (exact) mass is 324 g/mol. The molecule has 24 heavy (non-hydrogen) atoms. The SMILES string of the molecule is CCNC(=NCc1ccc(C#N)cc1)N(C)Cc1cccc(F)c1. The van der Waals surface area contributed by atoms with Crippen LogP contribution in [-0.4, -0.2) is 24.5 Å². The molecule has 2 aromatic carbocycles. The molecule has 4 nitrogen and oxygen atoms in total. The van der Waals surface area contributed by atoms with E-state index in [2.05, 4.69) is 16.4 Å². The molecule has 0 amide bonds. The Morgan fingerprint density at radius 3 is 2.58 bits per heavy atom. The van der Waals surface area contributed by atoms with Gasteiger partial charge in [-0.1, -0.05) is 24.3 Å². The molecule has 1 N–H and O–H groups in total. The molecule has 0 heterocycles. The zero-order chi connectivity index (χ0) is 17.4. The summed E-state index contributed by atoms with van der Waals surface area (Å²) in [6.45, 7) is 3.84. The maximum atomic E-state index is 13.3. The third-order valence-corrected chi connectivity index (χ3v) is 3.50. The highest BCUT2D eigenvalue weighted by molar-refractivity contribution is 5.79. The van der Waals surface area contributed by atoms with Gasteiger partial charge < -0.3 is 10.2 Å². The van der Waals surface area contributed by atoms with E-state index in [0.29, 0.717) is 18.7 Å². The summed E-state index contributed by atoms with van der Waals surface area (Å²) in [6, 6.07) is 16.0. The number of halogens is 1. The predicted octanol–water partition coefficient (Wildman–Crippen LogP) is 3.29. The number of hydrogen-bond acceptors (Lipinski definition) is 2. The average Bonchev–Trinajstić information content (AvgIpc) is 2.59. The molecule has 2 aromatic rings. The lowest BCUT2D eigenvalue weighted by atomic mass is 10.1.